The highest BCUT2D eigenvalue weighted by Crippen LogP contribution is 2.62. The van der Waals surface area contributed by atoms with Crippen molar-refractivity contribution >= 4 is 17.3 Å². The molecule has 13 heteroatoms. The van der Waals surface area contributed by atoms with Gasteiger partial charge in [0.2, 0.25) is 0 Å². The summed E-state index contributed by atoms with van der Waals surface area (Å²) in [6.07, 6.45) is -2.79. The van der Waals surface area contributed by atoms with Crippen molar-refractivity contribution in [2.75, 3.05) is 50.9 Å². The van der Waals surface area contributed by atoms with Gasteiger partial charge in [-0.1, -0.05) is 24.2 Å². The maximum atomic E-state index is 13.5. The van der Waals surface area contributed by atoms with Crippen molar-refractivity contribution in [3.63, 3.8) is 0 Å². The van der Waals surface area contributed by atoms with Gasteiger partial charge >= 0.3 is 18.2 Å². The minimum atomic E-state index is -5.62. The lowest BCUT2D eigenvalue weighted by Gasteiger charge is -2.52. The number of fused-ring (bicyclic) bond motifs is 5. The van der Waals surface area contributed by atoms with Gasteiger partial charge in [-0.2, -0.15) is 22.0 Å². The Hall–Kier alpha value is -1.67. The zero-order chi connectivity index (χ0) is 33.6. The van der Waals surface area contributed by atoms with Gasteiger partial charge in [-0.3, -0.25) is 4.90 Å². The largest absolute Gasteiger partial charge is 0.616 e. The molecule has 47 heavy (non-hydrogen) atoms. The van der Waals surface area contributed by atoms with Gasteiger partial charge in [0, 0.05) is 44.6 Å². The molecule has 2 aliphatic heterocycles. The molecule has 4 fully saturated rings. The molecule has 0 aromatic heterocycles. The first-order valence-corrected chi connectivity index (χ1v) is 18.6. The summed E-state index contributed by atoms with van der Waals surface area (Å²) in [5.41, 5.74) is 1.89. The number of aliphatic hydroxyl groups excluding tert-OH is 1. The van der Waals surface area contributed by atoms with Gasteiger partial charge < -0.3 is 24.0 Å². The Kier molecular flexibility index (Phi) is 10.4. The van der Waals surface area contributed by atoms with Crippen LogP contribution in [0.3, 0.4) is 0 Å². The van der Waals surface area contributed by atoms with E-state index in [9.17, 15) is 36.4 Å². The first kappa shape index (κ1) is 35.2. The molecule has 3 aliphatic carbocycles. The lowest BCUT2D eigenvalue weighted by molar-refractivity contribution is -0.284. The van der Waals surface area contributed by atoms with Gasteiger partial charge in [0.15, 0.2) is 0 Å². The third kappa shape index (κ3) is 7.30. The van der Waals surface area contributed by atoms with Crippen LogP contribution >= 0.6 is 0 Å². The van der Waals surface area contributed by atoms with Crippen LogP contribution < -0.4 is 4.74 Å². The Morgan fingerprint density at radius 2 is 1.81 bits per heavy atom. The number of carbonyl (C=O) groups excluding carboxylic acids is 1. The number of benzene rings is 1. The normalized spacial score (nSPS) is 32.8. The summed E-state index contributed by atoms with van der Waals surface area (Å²) in [5.74, 6) is -4.05. The van der Waals surface area contributed by atoms with Crippen LogP contribution in [0, 0.1) is 23.2 Å². The van der Waals surface area contributed by atoms with E-state index in [0.29, 0.717) is 37.7 Å². The lowest BCUT2D eigenvalue weighted by atomic mass is 9.53. The maximum absolute atomic E-state index is 13.5. The fraction of sp³-hybridized carbons (Fsp3) is 0.794. The van der Waals surface area contributed by atoms with Crippen molar-refractivity contribution in [1.82, 2.24) is 9.80 Å². The van der Waals surface area contributed by atoms with Gasteiger partial charge in [0.1, 0.15) is 17.3 Å². The molecule has 1 amide bonds. The molecule has 6 rings (SSSR count). The molecule has 2 saturated heterocycles. The zero-order valence-corrected chi connectivity index (χ0v) is 27.8. The zero-order valence-electron chi connectivity index (χ0n) is 27.0. The monoisotopic (exact) mass is 690 g/mol. The number of nitrogens with zero attached hydrogens (tertiary/aromatic N) is 2. The fourth-order valence-electron chi connectivity index (χ4n) is 9.40. The van der Waals surface area contributed by atoms with Crippen LogP contribution in [0.15, 0.2) is 18.2 Å². The van der Waals surface area contributed by atoms with E-state index in [1.54, 1.807) is 4.90 Å². The van der Waals surface area contributed by atoms with E-state index < -0.39 is 42.2 Å². The summed E-state index contributed by atoms with van der Waals surface area (Å²) < 4.78 is 89.6. The number of amides is 1. The number of likely N-dealkylation sites (tertiary alicyclic amines) is 1. The maximum Gasteiger partial charge on any atom is 0.453 e. The average molecular weight is 691 g/mol. The van der Waals surface area contributed by atoms with E-state index in [0.717, 1.165) is 69.5 Å². The molecule has 2 saturated carbocycles. The minimum absolute atomic E-state index is 0.100. The molecule has 1 aromatic rings. The van der Waals surface area contributed by atoms with Crippen molar-refractivity contribution in [1.29, 1.82) is 0 Å². The number of halogens is 5. The number of morpholine rings is 1. The molecule has 0 radical (unpaired) electrons. The number of aliphatic hydroxyl groups is 1. The molecule has 7 nitrogen and oxygen atoms in total. The molecule has 1 N–H and O–H groups in total. The molecule has 3 unspecified atom stereocenters. The highest BCUT2D eigenvalue weighted by atomic mass is 32.2. The molecule has 5 aliphatic rings. The van der Waals surface area contributed by atoms with Crippen LogP contribution in [-0.2, 0) is 22.3 Å². The molecular formula is C34H47F5N2O5S. The summed E-state index contributed by atoms with van der Waals surface area (Å²) in [6, 6.07) is 6.19. The van der Waals surface area contributed by atoms with Gasteiger partial charge in [0.25, 0.3) is 0 Å². The fourth-order valence-corrected chi connectivity index (χ4v) is 10.9. The van der Waals surface area contributed by atoms with Crippen LogP contribution in [0.25, 0.3) is 0 Å². The number of hydrogen-bond donors (Lipinski definition) is 1. The number of carbonyl (C=O) groups is 1. The van der Waals surface area contributed by atoms with Crippen LogP contribution in [0.1, 0.15) is 75.3 Å². The topological polar surface area (TPSA) is 85.3 Å². The predicted molar refractivity (Wildman–Crippen MR) is 167 cm³/mol. The average Bonchev–Trinajstić information content (AvgIpc) is 3.34. The molecular weight excluding hydrogens is 643 g/mol. The van der Waals surface area contributed by atoms with E-state index in [1.807, 2.05) is 18.2 Å². The molecule has 7 atom stereocenters. The SMILES string of the molecule is C[C@]12CC[C@@H]3c4ccc(OC(=O)N5CCC(N6CCOCC6)CC5)cc4C[C@@H](C[S+]([O-])CCCC(F)(F)C(F)(F)F)C3[C@@H]1CCC2O. The second kappa shape index (κ2) is 13.9. The van der Waals surface area contributed by atoms with Crippen molar-refractivity contribution < 1.29 is 45.9 Å². The first-order chi connectivity index (χ1) is 22.3. The molecule has 264 valence electrons. The number of hydrogen-bond acceptors (Lipinski definition) is 6. The number of ether oxygens (including phenoxy) is 2. The summed E-state index contributed by atoms with van der Waals surface area (Å²) in [7, 11) is 0. The smallest absolute Gasteiger partial charge is 0.453 e. The predicted octanol–water partition coefficient (Wildman–Crippen LogP) is 6.15. The quantitative estimate of drug-likeness (QED) is 0.260. The summed E-state index contributed by atoms with van der Waals surface area (Å²) in [6.45, 7) is 6.66. The second-order valence-corrected chi connectivity index (χ2v) is 16.2. The number of alkyl halides is 5. The van der Waals surface area contributed by atoms with Crippen molar-refractivity contribution in [2.45, 2.75) is 94.9 Å². The van der Waals surface area contributed by atoms with Gasteiger partial charge in [-0.25, -0.2) is 4.79 Å². The van der Waals surface area contributed by atoms with Gasteiger partial charge in [0.05, 0.1) is 19.3 Å². The van der Waals surface area contributed by atoms with E-state index in [4.69, 9.17) is 9.47 Å². The van der Waals surface area contributed by atoms with Crippen molar-refractivity contribution in [3.05, 3.63) is 29.3 Å². The van der Waals surface area contributed by atoms with E-state index in [-0.39, 0.29) is 46.7 Å². The van der Waals surface area contributed by atoms with E-state index in [1.165, 1.54) is 0 Å². The molecule has 1 aromatic carbocycles. The molecule has 0 bridgehead atoms. The van der Waals surface area contributed by atoms with E-state index in [2.05, 4.69) is 11.8 Å². The van der Waals surface area contributed by atoms with Crippen molar-refractivity contribution in [3.8, 4) is 5.75 Å². The lowest BCUT2D eigenvalue weighted by Crippen LogP contribution is -2.50. The summed E-state index contributed by atoms with van der Waals surface area (Å²) in [4.78, 5) is 17.3. The number of rotatable bonds is 8. The van der Waals surface area contributed by atoms with Crippen LogP contribution in [0.5, 0.6) is 5.75 Å². The highest BCUT2D eigenvalue weighted by molar-refractivity contribution is 7.91. The summed E-state index contributed by atoms with van der Waals surface area (Å²) >= 11 is -1.59. The van der Waals surface area contributed by atoms with Crippen LogP contribution in [0.2, 0.25) is 0 Å². The second-order valence-electron chi connectivity index (χ2n) is 14.6. The Balaban J connectivity index is 1.13. The Labute approximate surface area is 276 Å². The molecule has 0 spiro atoms. The van der Waals surface area contributed by atoms with Crippen LogP contribution in [-0.4, -0.2) is 101 Å². The standard InChI is InChI=1S/C34H47F5N2O5S/c1-32-11-7-27-26-4-3-25(46-31(43)41-12-8-24(9-13-41)40-14-16-45-17-15-40)20-22(26)19-23(30(27)28(32)5-6-29(32)42)21-47(44)18-2-10-33(35,36)34(37,38)39/h3-4,20,23-24,27-30,42H,2,5-19,21H2,1H3/t23-,27+,28-,29?,30?,32-,47?/m0/s1. The minimum Gasteiger partial charge on any atom is -0.616 e. The first-order valence-electron chi connectivity index (χ1n) is 17.2. The number of piperidine rings is 1. The van der Waals surface area contributed by atoms with Gasteiger partial charge in [-0.15, -0.1) is 0 Å². The highest BCUT2D eigenvalue weighted by Gasteiger charge is 2.58. The summed E-state index contributed by atoms with van der Waals surface area (Å²) in [5, 5.41) is 10.9. The Morgan fingerprint density at radius 3 is 2.51 bits per heavy atom. The third-order valence-electron chi connectivity index (χ3n) is 12.0. The van der Waals surface area contributed by atoms with Crippen LogP contribution in [0.4, 0.5) is 26.7 Å². The Morgan fingerprint density at radius 1 is 1.09 bits per heavy atom. The third-order valence-corrected chi connectivity index (χ3v) is 13.5. The van der Waals surface area contributed by atoms with E-state index >= 15 is 0 Å². The van der Waals surface area contributed by atoms with Crippen molar-refractivity contribution in [2.24, 2.45) is 23.2 Å². The van der Waals surface area contributed by atoms with Gasteiger partial charge in [-0.05, 0) is 97.8 Å². The molecule has 2 heterocycles. The Bertz CT molecular complexity index is 1260.